The summed E-state index contributed by atoms with van der Waals surface area (Å²) in [5.41, 5.74) is 0.728. The van der Waals surface area contributed by atoms with Crippen molar-refractivity contribution in [2.75, 3.05) is 0 Å². The molecule has 6 unspecified atom stereocenters. The first-order valence-electron chi connectivity index (χ1n) is 13.8. The van der Waals surface area contributed by atoms with Crippen LogP contribution in [-0.4, -0.2) is 24.1 Å². The quantitative estimate of drug-likeness (QED) is 0.245. The molecule has 33 heavy (non-hydrogen) atoms. The maximum atomic E-state index is 12.6. The van der Waals surface area contributed by atoms with Crippen LogP contribution in [0.1, 0.15) is 126 Å². The second-order valence-electron chi connectivity index (χ2n) is 12.8. The number of ether oxygens (including phenoxy) is 2. The summed E-state index contributed by atoms with van der Waals surface area (Å²) >= 11 is 0. The maximum absolute atomic E-state index is 12.6. The van der Waals surface area contributed by atoms with Gasteiger partial charge in [0.15, 0.2) is 0 Å². The zero-order chi connectivity index (χ0) is 24.8. The summed E-state index contributed by atoms with van der Waals surface area (Å²) in [5.74, 6) is 0.900. The molecule has 0 heterocycles. The van der Waals surface area contributed by atoms with E-state index in [4.69, 9.17) is 9.47 Å². The standard InChI is InChI=1S/C29H52O4/c1-9-24(20(3)22-13-11-15-28(5,6)18-22)32-26(30)17-27(31)33-25(10-2)21(4)23-14-12-16-29(7,8)19-23/h20-25H,9-19H2,1-8H3. The van der Waals surface area contributed by atoms with E-state index in [1.165, 1.54) is 51.4 Å². The molecule has 2 aliphatic rings. The highest BCUT2D eigenvalue weighted by atomic mass is 16.6. The molecule has 2 aliphatic carbocycles. The maximum Gasteiger partial charge on any atom is 0.317 e. The Bertz CT molecular complexity index is 584. The molecule has 2 rings (SSSR count). The highest BCUT2D eigenvalue weighted by Gasteiger charge is 2.37. The van der Waals surface area contributed by atoms with Crippen LogP contribution in [0.25, 0.3) is 0 Å². The minimum atomic E-state index is -0.435. The largest absolute Gasteiger partial charge is 0.462 e. The third-order valence-corrected chi connectivity index (χ3v) is 8.81. The Balaban J connectivity index is 1.86. The van der Waals surface area contributed by atoms with Crippen molar-refractivity contribution in [1.82, 2.24) is 0 Å². The van der Waals surface area contributed by atoms with Crippen molar-refractivity contribution in [2.24, 2.45) is 34.5 Å². The highest BCUT2D eigenvalue weighted by molar-refractivity contribution is 5.91. The van der Waals surface area contributed by atoms with Crippen molar-refractivity contribution in [3.8, 4) is 0 Å². The van der Waals surface area contributed by atoms with E-state index >= 15 is 0 Å². The van der Waals surface area contributed by atoms with Gasteiger partial charge in [0.2, 0.25) is 0 Å². The van der Waals surface area contributed by atoms with E-state index in [0.29, 0.717) is 34.5 Å². The second-order valence-corrected chi connectivity index (χ2v) is 12.8. The monoisotopic (exact) mass is 464 g/mol. The van der Waals surface area contributed by atoms with Crippen LogP contribution in [0.3, 0.4) is 0 Å². The first-order valence-corrected chi connectivity index (χ1v) is 13.8. The SMILES string of the molecule is CCC(OC(=O)CC(=O)OC(CC)C(C)C1CCCC(C)(C)C1)C(C)C1CCCC(C)(C)C1. The van der Waals surface area contributed by atoms with Gasteiger partial charge in [-0.05, 0) is 73.0 Å². The average Bonchev–Trinajstić information content (AvgIpc) is 2.73. The molecule has 6 atom stereocenters. The molecule has 2 saturated carbocycles. The molecule has 0 spiro atoms. The summed E-state index contributed by atoms with van der Waals surface area (Å²) in [6.07, 6.45) is 10.8. The Labute approximate surface area is 203 Å². The van der Waals surface area contributed by atoms with Crippen LogP contribution in [0.2, 0.25) is 0 Å². The number of carbonyl (C=O) groups excluding carboxylic acids is 2. The summed E-state index contributed by atoms with van der Waals surface area (Å²) in [7, 11) is 0. The zero-order valence-corrected chi connectivity index (χ0v) is 22.9. The van der Waals surface area contributed by atoms with E-state index in [2.05, 4.69) is 55.4 Å². The van der Waals surface area contributed by atoms with Gasteiger partial charge in [-0.3, -0.25) is 9.59 Å². The fourth-order valence-electron chi connectivity index (χ4n) is 6.68. The first kappa shape index (κ1) is 28.2. The minimum absolute atomic E-state index is 0.130. The molecule has 0 aliphatic heterocycles. The Morgan fingerprint density at radius 2 is 1.12 bits per heavy atom. The van der Waals surface area contributed by atoms with Gasteiger partial charge in [-0.25, -0.2) is 0 Å². The first-order chi connectivity index (χ1) is 15.4. The highest BCUT2D eigenvalue weighted by Crippen LogP contribution is 2.44. The molecule has 0 aromatic heterocycles. The van der Waals surface area contributed by atoms with Crippen LogP contribution < -0.4 is 0 Å². The van der Waals surface area contributed by atoms with Crippen LogP contribution in [0.15, 0.2) is 0 Å². The van der Waals surface area contributed by atoms with Crippen molar-refractivity contribution >= 4 is 11.9 Å². The molecule has 0 N–H and O–H groups in total. The number of esters is 2. The summed E-state index contributed by atoms with van der Waals surface area (Å²) in [6, 6.07) is 0. The lowest BCUT2D eigenvalue weighted by atomic mass is 9.67. The number of carbonyl (C=O) groups is 2. The van der Waals surface area contributed by atoms with Crippen LogP contribution in [0, 0.1) is 34.5 Å². The topological polar surface area (TPSA) is 52.6 Å². The van der Waals surface area contributed by atoms with Gasteiger partial charge in [-0.15, -0.1) is 0 Å². The van der Waals surface area contributed by atoms with Gasteiger partial charge in [0.25, 0.3) is 0 Å². The van der Waals surface area contributed by atoms with Gasteiger partial charge >= 0.3 is 11.9 Å². The van der Waals surface area contributed by atoms with E-state index < -0.39 is 11.9 Å². The smallest absolute Gasteiger partial charge is 0.317 e. The van der Waals surface area contributed by atoms with Gasteiger partial charge in [0.1, 0.15) is 18.6 Å². The second kappa shape index (κ2) is 12.1. The van der Waals surface area contributed by atoms with Crippen molar-refractivity contribution in [3.05, 3.63) is 0 Å². The lowest BCUT2D eigenvalue weighted by Gasteiger charge is -2.40. The Morgan fingerprint density at radius 1 is 0.758 bits per heavy atom. The van der Waals surface area contributed by atoms with Crippen LogP contribution >= 0.6 is 0 Å². The third-order valence-electron chi connectivity index (χ3n) is 8.81. The molecule has 0 saturated heterocycles. The lowest BCUT2D eigenvalue weighted by molar-refractivity contribution is -0.165. The molecule has 192 valence electrons. The van der Waals surface area contributed by atoms with Crippen molar-refractivity contribution in [2.45, 2.75) is 138 Å². The lowest BCUT2D eigenvalue weighted by Crippen LogP contribution is -2.36. The normalized spacial score (nSPS) is 28.2. The van der Waals surface area contributed by atoms with Gasteiger partial charge in [0, 0.05) is 0 Å². The summed E-state index contributed by atoms with van der Waals surface area (Å²) < 4.78 is 11.7. The number of hydrogen-bond acceptors (Lipinski definition) is 4. The number of hydrogen-bond donors (Lipinski definition) is 0. The average molecular weight is 465 g/mol. The molecular formula is C29H52O4. The zero-order valence-electron chi connectivity index (χ0n) is 22.9. The Morgan fingerprint density at radius 3 is 1.42 bits per heavy atom. The van der Waals surface area contributed by atoms with Gasteiger partial charge < -0.3 is 9.47 Å². The molecule has 4 heteroatoms. The number of rotatable bonds is 10. The Hall–Kier alpha value is -1.06. The van der Waals surface area contributed by atoms with E-state index in [1.54, 1.807) is 0 Å². The summed E-state index contributed by atoms with van der Waals surface area (Å²) in [4.78, 5) is 25.3. The van der Waals surface area contributed by atoms with Gasteiger partial charge in [-0.1, -0.05) is 81.1 Å². The molecular weight excluding hydrogens is 412 g/mol. The predicted molar refractivity (Wildman–Crippen MR) is 135 cm³/mol. The molecule has 0 radical (unpaired) electrons. The third kappa shape index (κ3) is 8.58. The van der Waals surface area contributed by atoms with Crippen molar-refractivity contribution < 1.29 is 19.1 Å². The van der Waals surface area contributed by atoms with Crippen LogP contribution in [0.4, 0.5) is 0 Å². The predicted octanol–water partition coefficient (Wildman–Crippen LogP) is 7.73. The van der Waals surface area contributed by atoms with E-state index in [-0.39, 0.29) is 18.6 Å². The summed E-state index contributed by atoms with van der Waals surface area (Å²) in [6.45, 7) is 17.9. The van der Waals surface area contributed by atoms with E-state index in [9.17, 15) is 9.59 Å². The molecule has 2 fully saturated rings. The fourth-order valence-corrected chi connectivity index (χ4v) is 6.68. The van der Waals surface area contributed by atoms with Crippen molar-refractivity contribution in [1.29, 1.82) is 0 Å². The van der Waals surface area contributed by atoms with Gasteiger partial charge in [0.05, 0.1) is 0 Å². The minimum Gasteiger partial charge on any atom is -0.462 e. The van der Waals surface area contributed by atoms with Gasteiger partial charge in [-0.2, -0.15) is 0 Å². The molecule has 4 nitrogen and oxygen atoms in total. The van der Waals surface area contributed by atoms with Crippen LogP contribution in [-0.2, 0) is 19.1 Å². The Kier molecular flexibility index (Phi) is 10.3. The fraction of sp³-hybridized carbons (Fsp3) is 0.931. The summed E-state index contributed by atoms with van der Waals surface area (Å²) in [5, 5.41) is 0. The molecule has 0 aromatic carbocycles. The van der Waals surface area contributed by atoms with Crippen molar-refractivity contribution in [3.63, 3.8) is 0 Å². The molecule has 0 aromatic rings. The molecule has 0 amide bonds. The van der Waals surface area contributed by atoms with Crippen LogP contribution in [0.5, 0.6) is 0 Å². The van der Waals surface area contributed by atoms with E-state index in [1.807, 2.05) is 0 Å². The van der Waals surface area contributed by atoms with E-state index in [0.717, 1.165) is 12.8 Å². The molecule has 0 bridgehead atoms.